The Morgan fingerprint density at radius 1 is 0.773 bits per heavy atom. The molecule has 0 amide bonds. The molecule has 4 nitrogen and oxygen atoms in total. The van der Waals surface area contributed by atoms with Crippen molar-refractivity contribution in [2.45, 2.75) is 82.6 Å². The molecular formula is C18H36N2O2. The Labute approximate surface area is 137 Å². The molecule has 4 heteroatoms. The molecule has 0 aromatic rings. The summed E-state index contributed by atoms with van der Waals surface area (Å²) in [6.07, 6.45) is 12.5. The topological polar surface area (TPSA) is 67.5 Å². The minimum Gasteiger partial charge on any atom is -0.396 e. The van der Waals surface area contributed by atoms with Gasteiger partial charge in [-0.1, -0.05) is 19.3 Å². The van der Waals surface area contributed by atoms with Gasteiger partial charge in [-0.05, 0) is 65.5 Å². The van der Waals surface area contributed by atoms with Crippen LogP contribution < -0.4 is 0 Å². The molecule has 0 radical (unpaired) electrons. The van der Waals surface area contributed by atoms with Crippen LogP contribution in [0.4, 0.5) is 0 Å². The summed E-state index contributed by atoms with van der Waals surface area (Å²) in [6, 6.07) is 2.21. The first kappa shape index (κ1) is 21.4. The third kappa shape index (κ3) is 9.40. The van der Waals surface area contributed by atoms with Crippen LogP contribution in [0.1, 0.15) is 77.0 Å². The Hall–Kier alpha value is -0.630. The number of hydrogen-bond donors (Lipinski definition) is 2. The summed E-state index contributed by atoms with van der Waals surface area (Å²) in [5.41, 5.74) is 0.194. The molecule has 0 aliphatic carbocycles. The molecule has 0 heterocycles. The van der Waals surface area contributed by atoms with Crippen LogP contribution in [0, 0.1) is 11.3 Å². The first-order chi connectivity index (χ1) is 10.6. The van der Waals surface area contributed by atoms with E-state index in [1.807, 2.05) is 0 Å². The number of aliphatic hydroxyl groups is 2. The molecule has 130 valence electrons. The van der Waals surface area contributed by atoms with E-state index in [2.05, 4.69) is 25.1 Å². The Morgan fingerprint density at radius 2 is 1.23 bits per heavy atom. The van der Waals surface area contributed by atoms with Gasteiger partial charge in [-0.2, -0.15) is 5.26 Å². The normalized spacial score (nSPS) is 11.8. The number of nitriles is 1. The molecule has 22 heavy (non-hydrogen) atoms. The Bertz CT molecular complexity index is 277. The van der Waals surface area contributed by atoms with Crippen molar-refractivity contribution < 1.29 is 10.2 Å². The predicted molar refractivity (Wildman–Crippen MR) is 91.6 cm³/mol. The summed E-state index contributed by atoms with van der Waals surface area (Å²) in [5, 5.41) is 26.6. The van der Waals surface area contributed by atoms with E-state index < -0.39 is 0 Å². The second kappa shape index (κ2) is 14.0. The fraction of sp³-hybridized carbons (Fsp3) is 0.944. The van der Waals surface area contributed by atoms with Crippen molar-refractivity contribution in [2.24, 2.45) is 0 Å². The Balaban J connectivity index is 4.40. The summed E-state index contributed by atoms with van der Waals surface area (Å²) in [7, 11) is 4.32. The maximum Gasteiger partial charge on any atom is 0.0621 e. The van der Waals surface area contributed by atoms with E-state index >= 15 is 0 Å². The van der Waals surface area contributed by atoms with Gasteiger partial charge in [0, 0.05) is 25.2 Å². The summed E-state index contributed by atoms with van der Waals surface area (Å²) < 4.78 is 0. The quantitative estimate of drug-likeness (QED) is 0.454. The van der Waals surface area contributed by atoms with Crippen molar-refractivity contribution in [3.8, 4) is 6.07 Å². The number of hydrogen-bond acceptors (Lipinski definition) is 4. The smallest absolute Gasteiger partial charge is 0.0621 e. The summed E-state index contributed by atoms with van der Waals surface area (Å²) in [5.74, 6) is 0. The minimum absolute atomic E-state index is 0.194. The summed E-state index contributed by atoms with van der Waals surface area (Å²) in [4.78, 5) is 2.36. The van der Waals surface area contributed by atoms with E-state index in [1.54, 1.807) is 0 Å². The van der Waals surface area contributed by atoms with Crippen LogP contribution >= 0.6 is 0 Å². The highest BCUT2D eigenvalue weighted by atomic mass is 16.3. The first-order valence-corrected chi connectivity index (χ1v) is 8.89. The van der Waals surface area contributed by atoms with Gasteiger partial charge in [-0.15, -0.1) is 0 Å². The van der Waals surface area contributed by atoms with Gasteiger partial charge in [-0.25, -0.2) is 0 Å². The molecule has 0 spiro atoms. The van der Waals surface area contributed by atoms with Crippen molar-refractivity contribution in [3.63, 3.8) is 0 Å². The fourth-order valence-electron chi connectivity index (χ4n) is 3.19. The van der Waals surface area contributed by atoms with E-state index in [9.17, 15) is 0 Å². The molecule has 0 saturated carbocycles. The van der Waals surface area contributed by atoms with Gasteiger partial charge >= 0.3 is 0 Å². The molecule has 0 aromatic carbocycles. The van der Waals surface area contributed by atoms with Gasteiger partial charge in [0.25, 0.3) is 0 Å². The molecule has 0 unspecified atom stereocenters. The molecule has 0 saturated heterocycles. The lowest BCUT2D eigenvalue weighted by Crippen LogP contribution is -2.44. The van der Waals surface area contributed by atoms with Crippen molar-refractivity contribution in [2.75, 3.05) is 27.3 Å². The van der Waals surface area contributed by atoms with E-state index in [4.69, 9.17) is 15.5 Å². The largest absolute Gasteiger partial charge is 0.396 e. The van der Waals surface area contributed by atoms with Crippen LogP contribution in [-0.4, -0.2) is 48.0 Å². The van der Waals surface area contributed by atoms with Crippen molar-refractivity contribution in [1.82, 2.24) is 4.90 Å². The average molecular weight is 312 g/mol. The van der Waals surface area contributed by atoms with E-state index in [1.165, 1.54) is 19.3 Å². The molecule has 0 rings (SSSR count). The van der Waals surface area contributed by atoms with E-state index in [-0.39, 0.29) is 18.8 Å². The molecule has 0 bridgehead atoms. The standard InChI is InChI=1S/C18H36N2O2/c1-20(2)18(13-7-10-16-21,14-8-11-17-22)12-6-4-3-5-9-15-19/h21-22H,3-14,16-17H2,1-2H3. The fourth-order valence-corrected chi connectivity index (χ4v) is 3.19. The van der Waals surface area contributed by atoms with Crippen LogP contribution in [-0.2, 0) is 0 Å². The predicted octanol–water partition coefficient (Wildman–Crippen LogP) is 3.48. The number of aliphatic hydroxyl groups excluding tert-OH is 2. The Kier molecular flexibility index (Phi) is 13.6. The second-order valence-electron chi connectivity index (χ2n) is 6.55. The van der Waals surface area contributed by atoms with Gasteiger partial charge < -0.3 is 15.1 Å². The number of unbranched alkanes of at least 4 members (excludes halogenated alkanes) is 6. The molecule has 0 aromatic heterocycles. The van der Waals surface area contributed by atoms with Crippen molar-refractivity contribution >= 4 is 0 Å². The Morgan fingerprint density at radius 3 is 1.64 bits per heavy atom. The number of nitrogens with zero attached hydrogens (tertiary/aromatic N) is 2. The van der Waals surface area contributed by atoms with Gasteiger partial charge in [0.15, 0.2) is 0 Å². The van der Waals surface area contributed by atoms with Gasteiger partial charge in [-0.3, -0.25) is 0 Å². The monoisotopic (exact) mass is 312 g/mol. The molecule has 0 fully saturated rings. The molecule has 2 N–H and O–H groups in total. The maximum absolute atomic E-state index is 9.04. The van der Waals surface area contributed by atoms with Gasteiger partial charge in [0.1, 0.15) is 0 Å². The molecule has 0 aliphatic heterocycles. The lowest BCUT2D eigenvalue weighted by Gasteiger charge is -2.41. The van der Waals surface area contributed by atoms with Crippen LogP contribution in [0.2, 0.25) is 0 Å². The van der Waals surface area contributed by atoms with Crippen LogP contribution in [0.15, 0.2) is 0 Å². The van der Waals surface area contributed by atoms with E-state index in [0.29, 0.717) is 6.42 Å². The highest BCUT2D eigenvalue weighted by Gasteiger charge is 2.30. The van der Waals surface area contributed by atoms with Crippen LogP contribution in [0.5, 0.6) is 0 Å². The number of rotatable bonds is 15. The zero-order valence-corrected chi connectivity index (χ0v) is 14.7. The third-order valence-electron chi connectivity index (χ3n) is 4.73. The van der Waals surface area contributed by atoms with Crippen LogP contribution in [0.3, 0.4) is 0 Å². The van der Waals surface area contributed by atoms with Gasteiger partial charge in [0.05, 0.1) is 6.07 Å². The van der Waals surface area contributed by atoms with E-state index in [0.717, 1.165) is 51.4 Å². The summed E-state index contributed by atoms with van der Waals surface area (Å²) >= 11 is 0. The average Bonchev–Trinajstić information content (AvgIpc) is 2.50. The summed E-state index contributed by atoms with van der Waals surface area (Å²) in [6.45, 7) is 0.544. The van der Waals surface area contributed by atoms with Gasteiger partial charge in [0.2, 0.25) is 0 Å². The maximum atomic E-state index is 9.04. The van der Waals surface area contributed by atoms with Crippen molar-refractivity contribution in [3.05, 3.63) is 0 Å². The first-order valence-electron chi connectivity index (χ1n) is 8.89. The van der Waals surface area contributed by atoms with Crippen molar-refractivity contribution in [1.29, 1.82) is 5.26 Å². The minimum atomic E-state index is 0.194. The SMILES string of the molecule is CN(C)C(CCCCO)(CCCCO)CCCCCCC#N. The third-order valence-corrected chi connectivity index (χ3v) is 4.73. The lowest BCUT2D eigenvalue weighted by molar-refractivity contribution is 0.100. The zero-order valence-electron chi connectivity index (χ0n) is 14.7. The molecule has 0 aliphatic rings. The van der Waals surface area contributed by atoms with Crippen LogP contribution in [0.25, 0.3) is 0 Å². The highest BCUT2D eigenvalue weighted by Crippen LogP contribution is 2.32. The second-order valence-corrected chi connectivity index (χ2v) is 6.55. The molecular weight excluding hydrogens is 276 g/mol. The molecule has 0 atom stereocenters. The highest BCUT2D eigenvalue weighted by molar-refractivity contribution is 4.88. The lowest BCUT2D eigenvalue weighted by atomic mass is 9.81. The zero-order chi connectivity index (χ0) is 16.7.